The fourth-order valence-electron chi connectivity index (χ4n) is 2.59. The molecule has 17 heavy (non-hydrogen) atoms. The number of hydrogen-bond donors (Lipinski definition) is 0. The van der Waals surface area contributed by atoms with Crippen molar-refractivity contribution in [1.29, 1.82) is 0 Å². The van der Waals surface area contributed by atoms with Crippen LogP contribution in [-0.2, 0) is 4.79 Å². The van der Waals surface area contributed by atoms with E-state index in [4.69, 9.17) is 0 Å². The van der Waals surface area contributed by atoms with E-state index >= 15 is 0 Å². The third-order valence-electron chi connectivity index (χ3n) is 3.67. The van der Waals surface area contributed by atoms with E-state index in [1.165, 1.54) is 6.42 Å². The molecule has 0 N–H and O–H groups in total. The van der Waals surface area contributed by atoms with E-state index in [2.05, 4.69) is 0 Å². The summed E-state index contributed by atoms with van der Waals surface area (Å²) >= 11 is 0. The Morgan fingerprint density at radius 2 is 1.65 bits per heavy atom. The highest BCUT2D eigenvalue weighted by Crippen LogP contribution is 2.34. The van der Waals surface area contributed by atoms with E-state index in [-0.39, 0.29) is 12.0 Å². The van der Waals surface area contributed by atoms with Gasteiger partial charge in [-0.25, -0.2) is 0 Å². The molecule has 2 rings (SSSR count). The molecule has 2 nitrogen and oxygen atoms in total. The molecule has 1 amide bonds. The van der Waals surface area contributed by atoms with Crippen LogP contribution in [0.5, 0.6) is 0 Å². The first-order chi connectivity index (χ1) is 7.98. The third kappa shape index (κ3) is 3.36. The summed E-state index contributed by atoms with van der Waals surface area (Å²) in [7, 11) is 0. The lowest BCUT2D eigenvalue weighted by atomic mass is 9.89. The molecule has 2 aliphatic carbocycles. The molecule has 5 heteroatoms. The van der Waals surface area contributed by atoms with Gasteiger partial charge in [-0.2, -0.15) is 13.2 Å². The Morgan fingerprint density at radius 1 is 1.06 bits per heavy atom. The molecule has 0 aromatic carbocycles. The van der Waals surface area contributed by atoms with Gasteiger partial charge in [0, 0.05) is 12.6 Å². The lowest BCUT2D eigenvalue weighted by Gasteiger charge is -2.30. The van der Waals surface area contributed by atoms with E-state index in [0.717, 1.165) is 43.4 Å². The Balaban J connectivity index is 1.95. The zero-order valence-electron chi connectivity index (χ0n) is 9.80. The summed E-state index contributed by atoms with van der Waals surface area (Å²) in [4.78, 5) is 12.4. The Hall–Kier alpha value is -0.740. The van der Waals surface area contributed by atoms with Gasteiger partial charge >= 0.3 is 12.1 Å². The summed E-state index contributed by atoms with van der Waals surface area (Å²) in [5, 5.41) is 0. The zero-order valence-corrected chi connectivity index (χ0v) is 9.80. The number of nitrogens with zero attached hydrogens (tertiary/aromatic N) is 1. The Labute approximate surface area is 99.2 Å². The number of rotatable bonds is 3. The lowest BCUT2D eigenvalue weighted by Crippen LogP contribution is -2.45. The van der Waals surface area contributed by atoms with Crippen LogP contribution in [0.25, 0.3) is 0 Å². The van der Waals surface area contributed by atoms with Crippen molar-refractivity contribution in [2.75, 3.05) is 6.54 Å². The number of hydrogen-bond acceptors (Lipinski definition) is 1. The lowest BCUT2D eigenvalue weighted by molar-refractivity contribution is -0.186. The second-order valence-electron chi connectivity index (χ2n) is 5.19. The summed E-state index contributed by atoms with van der Waals surface area (Å²) in [6.07, 6.45) is 2.03. The predicted octanol–water partition coefficient (Wildman–Crippen LogP) is 3.12. The summed E-state index contributed by atoms with van der Waals surface area (Å²) in [5.41, 5.74) is 0. The average Bonchev–Trinajstić information content (AvgIpc) is 3.09. The van der Waals surface area contributed by atoms with Gasteiger partial charge in [-0.1, -0.05) is 19.3 Å². The maximum absolute atomic E-state index is 12.5. The van der Waals surface area contributed by atoms with Crippen molar-refractivity contribution in [2.45, 2.75) is 57.2 Å². The van der Waals surface area contributed by atoms with Crippen LogP contribution in [0.4, 0.5) is 13.2 Å². The maximum Gasteiger partial charge on any atom is 0.471 e. The van der Waals surface area contributed by atoms with E-state index in [9.17, 15) is 18.0 Å². The van der Waals surface area contributed by atoms with Gasteiger partial charge in [-0.05, 0) is 31.6 Å². The molecule has 2 aliphatic rings. The van der Waals surface area contributed by atoms with Crippen molar-refractivity contribution in [2.24, 2.45) is 5.92 Å². The van der Waals surface area contributed by atoms with Crippen molar-refractivity contribution in [3.05, 3.63) is 0 Å². The highest BCUT2D eigenvalue weighted by molar-refractivity contribution is 5.82. The van der Waals surface area contributed by atoms with Gasteiger partial charge in [0.1, 0.15) is 0 Å². The first-order valence-electron chi connectivity index (χ1n) is 6.36. The van der Waals surface area contributed by atoms with Crippen LogP contribution in [0, 0.1) is 5.92 Å². The molecule has 2 fully saturated rings. The zero-order chi connectivity index (χ0) is 12.5. The number of carbonyl (C=O) groups excluding carboxylic acids is 1. The van der Waals surface area contributed by atoms with Gasteiger partial charge in [0.05, 0.1) is 0 Å². The molecule has 0 aliphatic heterocycles. The summed E-state index contributed by atoms with van der Waals surface area (Å²) < 4.78 is 37.4. The smallest absolute Gasteiger partial charge is 0.332 e. The van der Waals surface area contributed by atoms with Crippen LogP contribution in [0.15, 0.2) is 0 Å². The quantitative estimate of drug-likeness (QED) is 0.752. The SMILES string of the molecule is O=C(N(CC1CCCCC1)C1CC1)C(F)(F)F. The van der Waals surface area contributed by atoms with E-state index in [1.807, 2.05) is 0 Å². The van der Waals surface area contributed by atoms with Gasteiger partial charge in [0.2, 0.25) is 0 Å². The van der Waals surface area contributed by atoms with Crippen molar-refractivity contribution in [3.8, 4) is 0 Å². The van der Waals surface area contributed by atoms with Crippen LogP contribution >= 0.6 is 0 Å². The molecule has 0 aromatic heterocycles. The molecular formula is C12H18F3NO. The molecule has 0 spiro atoms. The molecule has 0 saturated heterocycles. The fraction of sp³-hybridized carbons (Fsp3) is 0.917. The van der Waals surface area contributed by atoms with Gasteiger partial charge in [0.25, 0.3) is 0 Å². The monoisotopic (exact) mass is 249 g/mol. The largest absolute Gasteiger partial charge is 0.471 e. The Morgan fingerprint density at radius 3 is 2.12 bits per heavy atom. The fourth-order valence-corrected chi connectivity index (χ4v) is 2.59. The van der Waals surface area contributed by atoms with E-state index in [0.29, 0.717) is 6.54 Å². The van der Waals surface area contributed by atoms with E-state index < -0.39 is 12.1 Å². The van der Waals surface area contributed by atoms with Gasteiger partial charge in [-0.3, -0.25) is 4.79 Å². The van der Waals surface area contributed by atoms with Crippen LogP contribution < -0.4 is 0 Å². The van der Waals surface area contributed by atoms with Gasteiger partial charge in [0.15, 0.2) is 0 Å². The standard InChI is InChI=1S/C12H18F3NO/c13-12(14,15)11(17)16(10-6-7-10)8-9-4-2-1-3-5-9/h9-10H,1-8H2. The molecular weight excluding hydrogens is 231 g/mol. The first kappa shape index (κ1) is 12.7. The molecule has 0 atom stereocenters. The van der Waals surface area contributed by atoms with Crippen molar-refractivity contribution in [3.63, 3.8) is 0 Å². The number of alkyl halides is 3. The average molecular weight is 249 g/mol. The van der Waals surface area contributed by atoms with Crippen LogP contribution in [0.1, 0.15) is 44.9 Å². The van der Waals surface area contributed by atoms with Crippen molar-refractivity contribution >= 4 is 5.91 Å². The van der Waals surface area contributed by atoms with Crippen molar-refractivity contribution < 1.29 is 18.0 Å². The maximum atomic E-state index is 12.5. The molecule has 2 saturated carbocycles. The van der Waals surface area contributed by atoms with Crippen LogP contribution in [0.3, 0.4) is 0 Å². The molecule has 98 valence electrons. The minimum absolute atomic E-state index is 0.147. The van der Waals surface area contributed by atoms with Crippen molar-refractivity contribution in [1.82, 2.24) is 4.90 Å². The van der Waals surface area contributed by atoms with Gasteiger partial charge in [-0.15, -0.1) is 0 Å². The predicted molar refractivity (Wildman–Crippen MR) is 57.4 cm³/mol. The minimum atomic E-state index is -4.71. The molecule has 0 heterocycles. The number of carbonyl (C=O) groups is 1. The van der Waals surface area contributed by atoms with Gasteiger partial charge < -0.3 is 4.90 Å². The number of halogens is 3. The van der Waals surface area contributed by atoms with Crippen LogP contribution in [-0.4, -0.2) is 29.6 Å². The Kier molecular flexibility index (Phi) is 3.64. The highest BCUT2D eigenvalue weighted by atomic mass is 19.4. The van der Waals surface area contributed by atoms with Crippen LogP contribution in [0.2, 0.25) is 0 Å². The Bertz CT molecular complexity index is 280. The molecule has 0 bridgehead atoms. The molecule has 0 unspecified atom stereocenters. The summed E-state index contributed by atoms with van der Waals surface area (Å²) in [5.74, 6) is -1.36. The third-order valence-corrected chi connectivity index (χ3v) is 3.67. The molecule has 0 radical (unpaired) electrons. The first-order valence-corrected chi connectivity index (χ1v) is 6.36. The minimum Gasteiger partial charge on any atom is -0.332 e. The summed E-state index contributed by atoms with van der Waals surface area (Å²) in [6.45, 7) is 0.309. The molecule has 0 aromatic rings. The topological polar surface area (TPSA) is 20.3 Å². The normalized spacial score (nSPS) is 22.5. The highest BCUT2D eigenvalue weighted by Gasteiger charge is 2.47. The second-order valence-corrected chi connectivity index (χ2v) is 5.19. The van der Waals surface area contributed by atoms with E-state index in [1.54, 1.807) is 0 Å². The number of amides is 1. The summed E-state index contributed by atoms with van der Waals surface area (Å²) in [6, 6.07) is -0.147. The second kappa shape index (κ2) is 4.86.